The topological polar surface area (TPSA) is 45.7 Å². The van der Waals surface area contributed by atoms with Gasteiger partial charge >= 0.3 is 6.09 Å². The van der Waals surface area contributed by atoms with Crippen LogP contribution in [0.1, 0.15) is 38.2 Å². The van der Waals surface area contributed by atoms with E-state index in [1.807, 2.05) is 49.4 Å². The molecule has 5 nitrogen and oxygen atoms in total. The van der Waals surface area contributed by atoms with Crippen molar-refractivity contribution in [2.45, 2.75) is 38.2 Å². The molecule has 0 N–H and O–H groups in total. The molecule has 0 aliphatic carbocycles. The van der Waals surface area contributed by atoms with Crippen LogP contribution in [0.15, 0.2) is 42.5 Å². The molecule has 2 aliphatic rings. The van der Waals surface area contributed by atoms with E-state index < -0.39 is 5.60 Å². The highest BCUT2D eigenvalue weighted by molar-refractivity contribution is 6.30. The van der Waals surface area contributed by atoms with Crippen LogP contribution in [-0.2, 0) is 10.3 Å². The highest BCUT2D eigenvalue weighted by Gasteiger charge is 2.39. The van der Waals surface area contributed by atoms with Crippen molar-refractivity contribution in [3.8, 4) is 0 Å². The second kappa shape index (κ2) is 7.39. The van der Waals surface area contributed by atoms with Crippen LogP contribution in [-0.4, -0.2) is 30.7 Å². The first-order valence-electron chi connectivity index (χ1n) is 9.54. The quantitative estimate of drug-likeness (QED) is 0.746. The molecule has 142 valence electrons. The number of benzene rings is 1. The van der Waals surface area contributed by atoms with Crippen molar-refractivity contribution in [1.29, 1.82) is 0 Å². The van der Waals surface area contributed by atoms with Gasteiger partial charge in [0.2, 0.25) is 0 Å². The number of hydrogen-bond acceptors (Lipinski definition) is 4. The Morgan fingerprint density at radius 3 is 2.52 bits per heavy atom. The van der Waals surface area contributed by atoms with Gasteiger partial charge in [0.25, 0.3) is 0 Å². The van der Waals surface area contributed by atoms with Crippen LogP contribution in [0.5, 0.6) is 0 Å². The van der Waals surface area contributed by atoms with Gasteiger partial charge in [-0.05, 0) is 56.0 Å². The molecule has 2 aromatic rings. The summed E-state index contributed by atoms with van der Waals surface area (Å²) in [7, 11) is 0. The molecule has 0 radical (unpaired) electrons. The molecule has 2 fully saturated rings. The second-order valence-corrected chi connectivity index (χ2v) is 7.85. The fourth-order valence-electron chi connectivity index (χ4n) is 3.81. The molecule has 1 amide bonds. The Kier molecular flexibility index (Phi) is 4.96. The highest BCUT2D eigenvalue weighted by Crippen LogP contribution is 2.36. The van der Waals surface area contributed by atoms with E-state index in [9.17, 15) is 4.79 Å². The van der Waals surface area contributed by atoms with E-state index >= 15 is 0 Å². The SMILES string of the molecule is C[C@]1(c2cccc(Cl)c2)CCN(c2cccc(N3CCCCC3)n2)C(=O)O1. The normalized spacial score (nSPS) is 23.3. The lowest BCUT2D eigenvalue weighted by Crippen LogP contribution is -2.47. The lowest BCUT2D eigenvalue weighted by Gasteiger charge is -2.39. The Balaban J connectivity index is 1.52. The molecule has 0 unspecified atom stereocenters. The molecule has 1 aromatic heterocycles. The predicted octanol–water partition coefficient (Wildman–Crippen LogP) is 4.99. The second-order valence-electron chi connectivity index (χ2n) is 7.41. The molecule has 0 saturated carbocycles. The van der Waals surface area contributed by atoms with E-state index in [0.29, 0.717) is 23.8 Å². The van der Waals surface area contributed by atoms with E-state index in [1.54, 1.807) is 4.90 Å². The Bertz CT molecular complexity index is 838. The number of carbonyl (C=O) groups excluding carboxylic acids is 1. The number of hydrogen-bond donors (Lipinski definition) is 0. The lowest BCUT2D eigenvalue weighted by molar-refractivity contribution is 0.00565. The van der Waals surface area contributed by atoms with Crippen LogP contribution in [0.25, 0.3) is 0 Å². The molecular weight excluding hydrogens is 362 g/mol. The van der Waals surface area contributed by atoms with Gasteiger partial charge in [0.05, 0.1) is 0 Å². The first-order valence-corrected chi connectivity index (χ1v) is 9.91. The van der Waals surface area contributed by atoms with E-state index in [2.05, 4.69) is 4.90 Å². The summed E-state index contributed by atoms with van der Waals surface area (Å²) in [5.41, 5.74) is 0.237. The van der Waals surface area contributed by atoms with Crippen LogP contribution >= 0.6 is 11.6 Å². The average molecular weight is 386 g/mol. The maximum absolute atomic E-state index is 12.8. The summed E-state index contributed by atoms with van der Waals surface area (Å²) in [4.78, 5) is 21.4. The molecule has 2 saturated heterocycles. The van der Waals surface area contributed by atoms with Crippen molar-refractivity contribution in [3.63, 3.8) is 0 Å². The molecule has 1 atom stereocenters. The van der Waals surface area contributed by atoms with Crippen LogP contribution < -0.4 is 9.80 Å². The third-order valence-electron chi connectivity index (χ3n) is 5.46. The minimum absolute atomic E-state index is 0.369. The zero-order valence-corrected chi connectivity index (χ0v) is 16.3. The summed E-state index contributed by atoms with van der Waals surface area (Å²) in [5, 5.41) is 0.642. The number of carbonyl (C=O) groups is 1. The number of aromatic nitrogens is 1. The minimum Gasteiger partial charge on any atom is -0.438 e. The van der Waals surface area contributed by atoms with Crippen molar-refractivity contribution in [2.24, 2.45) is 0 Å². The number of piperidine rings is 1. The van der Waals surface area contributed by atoms with Gasteiger partial charge in [-0.3, -0.25) is 4.90 Å². The van der Waals surface area contributed by atoms with E-state index in [4.69, 9.17) is 21.3 Å². The van der Waals surface area contributed by atoms with Crippen LogP contribution in [0.2, 0.25) is 5.02 Å². The highest BCUT2D eigenvalue weighted by atomic mass is 35.5. The van der Waals surface area contributed by atoms with Crippen molar-refractivity contribution in [2.75, 3.05) is 29.4 Å². The first-order chi connectivity index (χ1) is 13.0. The van der Waals surface area contributed by atoms with Gasteiger partial charge in [-0.1, -0.05) is 29.8 Å². The largest absolute Gasteiger partial charge is 0.438 e. The van der Waals surface area contributed by atoms with Gasteiger partial charge in [-0.25, -0.2) is 9.78 Å². The van der Waals surface area contributed by atoms with Gasteiger partial charge in [-0.15, -0.1) is 0 Å². The number of ether oxygens (including phenoxy) is 1. The molecule has 2 aliphatic heterocycles. The Hall–Kier alpha value is -2.27. The summed E-state index contributed by atoms with van der Waals surface area (Å²) in [6.07, 6.45) is 3.96. The van der Waals surface area contributed by atoms with Crippen molar-refractivity contribution >= 4 is 29.3 Å². The fourth-order valence-corrected chi connectivity index (χ4v) is 4.00. The molecule has 27 heavy (non-hydrogen) atoms. The molecule has 1 aromatic carbocycles. The fraction of sp³-hybridized carbons (Fsp3) is 0.429. The van der Waals surface area contributed by atoms with Crippen LogP contribution in [0.4, 0.5) is 16.4 Å². The van der Waals surface area contributed by atoms with Crippen molar-refractivity contribution in [3.05, 3.63) is 53.1 Å². The maximum Gasteiger partial charge on any atom is 0.416 e. The minimum atomic E-state index is -0.678. The number of rotatable bonds is 3. The standard InChI is InChI=1S/C21H24ClN3O2/c1-21(16-7-5-8-17(22)15-16)11-14-25(20(26)27-21)19-10-6-9-18(23-19)24-12-3-2-4-13-24/h5-10,15H,2-4,11-14H2,1H3/t21-/m1/s1. The average Bonchev–Trinajstić information content (AvgIpc) is 2.69. The molecule has 0 bridgehead atoms. The van der Waals surface area contributed by atoms with E-state index in [0.717, 1.165) is 24.5 Å². The van der Waals surface area contributed by atoms with Gasteiger partial charge < -0.3 is 9.64 Å². The zero-order chi connectivity index (χ0) is 18.9. The number of cyclic esters (lactones) is 1. The number of halogens is 1. The van der Waals surface area contributed by atoms with Gasteiger partial charge in [0.1, 0.15) is 17.2 Å². The first kappa shape index (κ1) is 18.1. The maximum atomic E-state index is 12.8. The smallest absolute Gasteiger partial charge is 0.416 e. The predicted molar refractivity (Wildman–Crippen MR) is 108 cm³/mol. The van der Waals surface area contributed by atoms with Crippen molar-refractivity contribution in [1.82, 2.24) is 4.98 Å². The van der Waals surface area contributed by atoms with Crippen LogP contribution in [0.3, 0.4) is 0 Å². The van der Waals surface area contributed by atoms with Gasteiger partial charge in [0.15, 0.2) is 0 Å². The Morgan fingerprint density at radius 1 is 1.04 bits per heavy atom. The summed E-state index contributed by atoms with van der Waals surface area (Å²) in [6.45, 7) is 4.53. The van der Waals surface area contributed by atoms with Gasteiger partial charge in [-0.2, -0.15) is 0 Å². The molecule has 3 heterocycles. The molecule has 0 spiro atoms. The summed E-state index contributed by atoms with van der Waals surface area (Å²) < 4.78 is 5.84. The Labute approximate surface area is 164 Å². The third-order valence-corrected chi connectivity index (χ3v) is 5.69. The summed E-state index contributed by atoms with van der Waals surface area (Å²) >= 11 is 6.11. The van der Waals surface area contributed by atoms with Gasteiger partial charge in [0, 0.05) is 31.1 Å². The third kappa shape index (κ3) is 3.74. The molecule has 4 rings (SSSR count). The lowest BCUT2D eigenvalue weighted by atomic mass is 9.91. The van der Waals surface area contributed by atoms with E-state index in [-0.39, 0.29) is 6.09 Å². The molecule has 6 heteroatoms. The number of pyridine rings is 1. The number of anilines is 2. The Morgan fingerprint density at radius 2 is 1.78 bits per heavy atom. The van der Waals surface area contributed by atoms with E-state index in [1.165, 1.54) is 19.3 Å². The summed E-state index contributed by atoms with van der Waals surface area (Å²) in [5.74, 6) is 1.58. The number of nitrogens with zero attached hydrogens (tertiary/aromatic N) is 3. The number of amides is 1. The summed E-state index contributed by atoms with van der Waals surface area (Å²) in [6, 6.07) is 13.4. The zero-order valence-electron chi connectivity index (χ0n) is 15.5. The van der Waals surface area contributed by atoms with Crippen molar-refractivity contribution < 1.29 is 9.53 Å². The molecular formula is C21H24ClN3O2. The van der Waals surface area contributed by atoms with Crippen LogP contribution in [0, 0.1) is 0 Å². The monoisotopic (exact) mass is 385 g/mol.